The van der Waals surface area contributed by atoms with Gasteiger partial charge in [0.05, 0.1) is 18.5 Å². The summed E-state index contributed by atoms with van der Waals surface area (Å²) in [5.74, 6) is 0.339. The molecule has 0 aliphatic carbocycles. The van der Waals surface area contributed by atoms with Gasteiger partial charge in [0.1, 0.15) is 18.9 Å². The van der Waals surface area contributed by atoms with Crippen molar-refractivity contribution in [3.8, 4) is 5.75 Å². The van der Waals surface area contributed by atoms with E-state index in [0.29, 0.717) is 12.3 Å². The maximum Gasteiger partial charge on any atom is 0.240 e. The predicted molar refractivity (Wildman–Crippen MR) is 131 cm³/mol. The second-order valence-corrected chi connectivity index (χ2v) is 11.9. The number of ether oxygens (including phenoxy) is 1. The first-order valence-electron chi connectivity index (χ1n) is 10.8. The summed E-state index contributed by atoms with van der Waals surface area (Å²) in [6, 6.07) is 15.1. The molecule has 0 aliphatic heterocycles. The van der Waals surface area contributed by atoms with Gasteiger partial charge in [-0.3, -0.25) is 9.10 Å². The number of rotatable bonds is 8. The molecule has 1 amide bonds. The lowest BCUT2D eigenvalue weighted by Crippen LogP contribution is -2.41. The summed E-state index contributed by atoms with van der Waals surface area (Å²) in [5, 5.41) is 2.73. The molecule has 0 aliphatic rings. The molecule has 0 bridgehead atoms. The maximum atomic E-state index is 12.4. The molecule has 0 saturated carbocycles. The number of benzene rings is 2. The molecule has 0 radical (unpaired) electrons. The van der Waals surface area contributed by atoms with E-state index < -0.39 is 10.0 Å². The van der Waals surface area contributed by atoms with Crippen molar-refractivity contribution in [2.45, 2.75) is 52.4 Å². The van der Waals surface area contributed by atoms with Crippen molar-refractivity contribution >= 4 is 21.6 Å². The smallest absolute Gasteiger partial charge is 0.240 e. The van der Waals surface area contributed by atoms with Crippen molar-refractivity contribution in [2.75, 3.05) is 30.3 Å². The summed E-state index contributed by atoms with van der Waals surface area (Å²) in [4.78, 5) is 12.4. The van der Waals surface area contributed by atoms with Crippen LogP contribution in [0.3, 0.4) is 0 Å². The van der Waals surface area contributed by atoms with Crippen LogP contribution in [-0.4, -0.2) is 40.3 Å². The number of nitrogens with one attached hydrogen (secondary N) is 1. The molecule has 0 saturated heterocycles. The third-order valence-electron chi connectivity index (χ3n) is 5.12. The SMILES string of the molecule is CC(C)(C)c1ccc(OCCNC(=O)CN(c2ccc(C(C)(C)C)cc2)S(C)(=O)=O)cc1. The molecular weight excluding hydrogens is 424 g/mol. The molecule has 0 atom stereocenters. The van der Waals surface area contributed by atoms with Gasteiger partial charge in [-0.1, -0.05) is 65.8 Å². The Hall–Kier alpha value is -2.54. The minimum atomic E-state index is -3.61. The van der Waals surface area contributed by atoms with Crippen LogP contribution < -0.4 is 14.4 Å². The zero-order valence-corrected chi connectivity index (χ0v) is 21.0. The number of hydrogen-bond acceptors (Lipinski definition) is 4. The molecule has 6 nitrogen and oxygen atoms in total. The summed E-state index contributed by atoms with van der Waals surface area (Å²) in [6.07, 6.45) is 1.10. The van der Waals surface area contributed by atoms with Gasteiger partial charge in [-0.15, -0.1) is 0 Å². The summed E-state index contributed by atoms with van der Waals surface area (Å²) < 4.78 is 31.4. The molecular formula is C25H36N2O4S. The van der Waals surface area contributed by atoms with Crippen molar-refractivity contribution in [1.82, 2.24) is 5.32 Å². The molecule has 2 aromatic carbocycles. The fourth-order valence-electron chi connectivity index (χ4n) is 3.12. The molecule has 0 aromatic heterocycles. The van der Waals surface area contributed by atoms with E-state index in [1.807, 2.05) is 36.4 Å². The van der Waals surface area contributed by atoms with E-state index in [4.69, 9.17) is 4.74 Å². The average molecular weight is 461 g/mol. The highest BCUT2D eigenvalue weighted by Gasteiger charge is 2.22. The highest BCUT2D eigenvalue weighted by molar-refractivity contribution is 7.92. The standard InChI is InChI=1S/C25H36N2O4S/c1-24(2,3)19-8-12-21(13-9-19)27(32(7,29)30)18-23(28)26-16-17-31-22-14-10-20(11-15-22)25(4,5)6/h8-15H,16-18H2,1-7H3,(H,26,28). The topological polar surface area (TPSA) is 75.7 Å². The summed E-state index contributed by atoms with van der Waals surface area (Å²) in [7, 11) is -3.61. The molecule has 0 unspecified atom stereocenters. The van der Waals surface area contributed by atoms with Gasteiger partial charge in [-0.25, -0.2) is 8.42 Å². The van der Waals surface area contributed by atoms with Gasteiger partial charge in [0, 0.05) is 0 Å². The number of nitrogens with zero attached hydrogens (tertiary/aromatic N) is 1. The first-order chi connectivity index (χ1) is 14.7. The fraction of sp³-hybridized carbons (Fsp3) is 0.480. The molecule has 1 N–H and O–H groups in total. The van der Waals surface area contributed by atoms with Crippen molar-refractivity contribution in [1.29, 1.82) is 0 Å². The molecule has 0 spiro atoms. The Labute approximate surface area is 193 Å². The summed E-state index contributed by atoms with van der Waals surface area (Å²) in [6.45, 7) is 13.0. The molecule has 32 heavy (non-hydrogen) atoms. The van der Waals surface area contributed by atoms with Crippen molar-refractivity contribution in [2.24, 2.45) is 0 Å². The Kier molecular flexibility index (Phi) is 7.99. The Balaban J connectivity index is 1.91. The van der Waals surface area contributed by atoms with Gasteiger partial charge in [0.2, 0.25) is 15.9 Å². The highest BCUT2D eigenvalue weighted by Crippen LogP contribution is 2.26. The molecule has 0 heterocycles. The molecule has 2 rings (SSSR count). The quantitative estimate of drug-likeness (QED) is 0.598. The van der Waals surface area contributed by atoms with E-state index in [2.05, 4.69) is 46.9 Å². The third kappa shape index (κ3) is 7.55. The van der Waals surface area contributed by atoms with Gasteiger partial charge >= 0.3 is 0 Å². The van der Waals surface area contributed by atoms with Crippen LogP contribution in [-0.2, 0) is 25.6 Å². The van der Waals surface area contributed by atoms with E-state index >= 15 is 0 Å². The Morgan fingerprint density at radius 3 is 1.78 bits per heavy atom. The third-order valence-corrected chi connectivity index (χ3v) is 6.26. The lowest BCUT2D eigenvalue weighted by Gasteiger charge is -2.24. The van der Waals surface area contributed by atoms with Crippen LogP contribution in [0.25, 0.3) is 0 Å². The van der Waals surface area contributed by atoms with Gasteiger partial charge in [0.25, 0.3) is 0 Å². The van der Waals surface area contributed by atoms with Gasteiger partial charge in [0.15, 0.2) is 0 Å². The Morgan fingerprint density at radius 1 is 0.875 bits per heavy atom. The number of sulfonamides is 1. The lowest BCUT2D eigenvalue weighted by molar-refractivity contribution is -0.119. The zero-order valence-electron chi connectivity index (χ0n) is 20.2. The highest BCUT2D eigenvalue weighted by atomic mass is 32.2. The monoisotopic (exact) mass is 460 g/mol. The van der Waals surface area contributed by atoms with Crippen LogP contribution in [0.15, 0.2) is 48.5 Å². The predicted octanol–water partition coefficient (Wildman–Crippen LogP) is 4.24. The Bertz CT molecular complexity index is 1000. The average Bonchev–Trinajstić information content (AvgIpc) is 2.68. The van der Waals surface area contributed by atoms with Crippen molar-refractivity contribution < 1.29 is 17.9 Å². The largest absolute Gasteiger partial charge is 0.492 e. The lowest BCUT2D eigenvalue weighted by atomic mass is 9.87. The van der Waals surface area contributed by atoms with Gasteiger partial charge < -0.3 is 10.1 Å². The summed E-state index contributed by atoms with van der Waals surface area (Å²) in [5.41, 5.74) is 2.80. The van der Waals surface area contributed by atoms with Crippen molar-refractivity contribution in [3.63, 3.8) is 0 Å². The molecule has 7 heteroatoms. The minimum Gasteiger partial charge on any atom is -0.492 e. The van der Waals surface area contributed by atoms with Crippen LogP contribution in [0.1, 0.15) is 52.7 Å². The zero-order chi connectivity index (χ0) is 24.2. The fourth-order valence-corrected chi connectivity index (χ4v) is 3.98. The van der Waals surface area contributed by atoms with Gasteiger partial charge in [-0.2, -0.15) is 0 Å². The van der Waals surface area contributed by atoms with Crippen LogP contribution in [0.2, 0.25) is 0 Å². The number of hydrogen-bond donors (Lipinski definition) is 1. The van der Waals surface area contributed by atoms with Crippen molar-refractivity contribution in [3.05, 3.63) is 59.7 Å². The molecule has 2 aromatic rings. The first-order valence-corrected chi connectivity index (χ1v) is 12.6. The van der Waals surface area contributed by atoms with E-state index in [-0.39, 0.29) is 29.8 Å². The van der Waals surface area contributed by atoms with E-state index in [0.717, 1.165) is 21.9 Å². The van der Waals surface area contributed by atoms with Crippen LogP contribution in [0, 0.1) is 0 Å². The summed E-state index contributed by atoms with van der Waals surface area (Å²) >= 11 is 0. The Morgan fingerprint density at radius 2 is 1.34 bits per heavy atom. The maximum absolute atomic E-state index is 12.4. The van der Waals surface area contributed by atoms with Crippen LogP contribution in [0.5, 0.6) is 5.75 Å². The number of amides is 1. The van der Waals surface area contributed by atoms with Crippen LogP contribution >= 0.6 is 0 Å². The number of anilines is 1. The number of carbonyl (C=O) groups is 1. The van der Waals surface area contributed by atoms with E-state index in [9.17, 15) is 13.2 Å². The first kappa shape index (κ1) is 25.7. The van der Waals surface area contributed by atoms with E-state index in [1.54, 1.807) is 12.1 Å². The number of carbonyl (C=O) groups excluding carboxylic acids is 1. The minimum absolute atomic E-state index is 0.0428. The molecule has 0 fully saturated rings. The van der Waals surface area contributed by atoms with E-state index in [1.165, 1.54) is 5.56 Å². The second kappa shape index (κ2) is 9.94. The van der Waals surface area contributed by atoms with Crippen LogP contribution in [0.4, 0.5) is 5.69 Å². The second-order valence-electron chi connectivity index (χ2n) is 10.0. The normalized spacial score (nSPS) is 12.3. The molecule has 176 valence electrons. The van der Waals surface area contributed by atoms with Gasteiger partial charge in [-0.05, 0) is 46.2 Å².